The molecule has 0 bridgehead atoms. The van der Waals surface area contributed by atoms with E-state index in [9.17, 15) is 9.59 Å². The second-order valence-electron chi connectivity index (χ2n) is 3.68. The Morgan fingerprint density at radius 3 is 2.47 bits per heavy atom. The number of nitrogens with one attached hydrogen (secondary N) is 1. The number of rotatable bonds is 3. The van der Waals surface area contributed by atoms with Crippen molar-refractivity contribution in [2.24, 2.45) is 0 Å². The number of aromatic nitrogens is 2. The molecule has 0 spiro atoms. The van der Waals surface area contributed by atoms with Crippen molar-refractivity contribution in [2.75, 3.05) is 0 Å². The molecule has 5 nitrogen and oxygen atoms in total. The highest BCUT2D eigenvalue weighted by molar-refractivity contribution is 5.86. The lowest BCUT2D eigenvalue weighted by atomic mass is 10.1. The zero-order valence-electron chi connectivity index (χ0n) is 9.30. The second-order valence-corrected chi connectivity index (χ2v) is 3.68. The van der Waals surface area contributed by atoms with Crippen molar-refractivity contribution in [1.29, 1.82) is 0 Å². The molecule has 88 valence electrons. The lowest BCUT2D eigenvalue weighted by Gasteiger charge is -2.02. The van der Waals surface area contributed by atoms with Crippen molar-refractivity contribution in [3.8, 4) is 5.69 Å². The maximum absolute atomic E-state index is 11.3. The van der Waals surface area contributed by atoms with Gasteiger partial charge in [-0.15, -0.1) is 0 Å². The van der Waals surface area contributed by atoms with Crippen LogP contribution in [0.3, 0.4) is 0 Å². The molecule has 0 aliphatic rings. The number of carbonyl (C=O) groups is 1. The van der Waals surface area contributed by atoms with Gasteiger partial charge >= 0.3 is 5.97 Å². The summed E-state index contributed by atoms with van der Waals surface area (Å²) in [4.78, 5) is 22.1. The molecule has 2 N–H and O–H groups in total. The normalized spacial score (nSPS) is 10.4. The van der Waals surface area contributed by atoms with Crippen molar-refractivity contribution in [3.05, 3.63) is 51.9 Å². The van der Waals surface area contributed by atoms with Crippen LogP contribution in [0.1, 0.15) is 22.8 Å². The summed E-state index contributed by atoms with van der Waals surface area (Å²) >= 11 is 0. The second kappa shape index (κ2) is 4.29. The van der Waals surface area contributed by atoms with E-state index in [1.54, 1.807) is 0 Å². The number of aromatic carboxylic acids is 1. The molecule has 0 saturated heterocycles. The van der Waals surface area contributed by atoms with Crippen molar-refractivity contribution in [1.82, 2.24) is 9.78 Å². The first-order valence-corrected chi connectivity index (χ1v) is 5.26. The summed E-state index contributed by atoms with van der Waals surface area (Å²) in [5, 5.41) is 11.2. The van der Waals surface area contributed by atoms with Crippen LogP contribution in [-0.2, 0) is 6.42 Å². The van der Waals surface area contributed by atoms with Crippen LogP contribution in [0.25, 0.3) is 5.69 Å². The van der Waals surface area contributed by atoms with Crippen molar-refractivity contribution >= 4 is 5.97 Å². The highest BCUT2D eigenvalue weighted by atomic mass is 16.4. The van der Waals surface area contributed by atoms with E-state index in [1.165, 1.54) is 16.4 Å². The van der Waals surface area contributed by atoms with Crippen molar-refractivity contribution < 1.29 is 9.90 Å². The third-order valence-electron chi connectivity index (χ3n) is 2.58. The average Bonchev–Trinajstić information content (AvgIpc) is 2.71. The van der Waals surface area contributed by atoms with Gasteiger partial charge < -0.3 is 5.11 Å². The Kier molecular flexibility index (Phi) is 2.82. The van der Waals surface area contributed by atoms with E-state index in [1.807, 2.05) is 24.3 Å². The maximum atomic E-state index is 11.3. The molecule has 5 heteroatoms. The lowest BCUT2D eigenvalue weighted by molar-refractivity contribution is 0.0695. The number of H-pyrrole nitrogens is 1. The van der Waals surface area contributed by atoms with E-state index < -0.39 is 11.5 Å². The number of hydrogen-bond donors (Lipinski definition) is 2. The van der Waals surface area contributed by atoms with Crippen LogP contribution in [0, 0.1) is 0 Å². The Labute approximate surface area is 97.3 Å². The number of hydrogen-bond acceptors (Lipinski definition) is 2. The van der Waals surface area contributed by atoms with Crippen LogP contribution in [0.2, 0.25) is 0 Å². The van der Waals surface area contributed by atoms with Crippen LogP contribution >= 0.6 is 0 Å². The van der Waals surface area contributed by atoms with Crippen LogP contribution < -0.4 is 5.56 Å². The standard InChI is InChI=1S/C12H12N2O3/c1-2-8-3-5-9(6-4-8)14-7-10(12(16)17)11(15)13-14/h3-7H,2H2,1H3,(H,13,15)(H,16,17). The van der Waals surface area contributed by atoms with Crippen molar-refractivity contribution in [2.45, 2.75) is 13.3 Å². The summed E-state index contributed by atoms with van der Waals surface area (Å²) in [6, 6.07) is 7.54. The molecule has 0 atom stereocenters. The predicted octanol–water partition coefficient (Wildman–Crippen LogP) is 1.43. The topological polar surface area (TPSA) is 75.1 Å². The minimum absolute atomic E-state index is 0.260. The largest absolute Gasteiger partial charge is 0.477 e. The van der Waals surface area contributed by atoms with Gasteiger partial charge in [0.25, 0.3) is 5.56 Å². The predicted molar refractivity (Wildman–Crippen MR) is 62.7 cm³/mol. The SMILES string of the molecule is CCc1ccc(-n2cc(C(=O)O)c(=O)[nH]2)cc1. The number of aromatic amines is 1. The molecular formula is C12H12N2O3. The highest BCUT2D eigenvalue weighted by Crippen LogP contribution is 2.09. The summed E-state index contributed by atoms with van der Waals surface area (Å²) in [5.74, 6) is -1.23. The molecule has 2 rings (SSSR count). The summed E-state index contributed by atoms with van der Waals surface area (Å²) in [6.07, 6.45) is 2.22. The van der Waals surface area contributed by atoms with Gasteiger partial charge in [-0.2, -0.15) is 0 Å². The van der Waals surface area contributed by atoms with Gasteiger partial charge in [0.1, 0.15) is 5.56 Å². The van der Waals surface area contributed by atoms with Crippen LogP contribution in [0.5, 0.6) is 0 Å². The minimum atomic E-state index is -1.23. The fourth-order valence-corrected chi connectivity index (χ4v) is 1.57. The third-order valence-corrected chi connectivity index (χ3v) is 2.58. The summed E-state index contributed by atoms with van der Waals surface area (Å²) in [7, 11) is 0. The number of benzene rings is 1. The van der Waals surface area contributed by atoms with E-state index in [-0.39, 0.29) is 5.56 Å². The van der Waals surface area contributed by atoms with E-state index in [0.717, 1.165) is 12.1 Å². The first-order chi connectivity index (χ1) is 8.11. The first-order valence-electron chi connectivity index (χ1n) is 5.26. The van der Waals surface area contributed by atoms with Crippen LogP contribution in [0.4, 0.5) is 0 Å². The molecule has 17 heavy (non-hydrogen) atoms. The number of nitrogens with zero attached hydrogens (tertiary/aromatic N) is 1. The minimum Gasteiger partial charge on any atom is -0.477 e. The van der Waals surface area contributed by atoms with E-state index >= 15 is 0 Å². The zero-order valence-corrected chi connectivity index (χ0v) is 9.30. The van der Waals surface area contributed by atoms with Gasteiger partial charge in [0.2, 0.25) is 0 Å². The molecule has 0 unspecified atom stereocenters. The third kappa shape index (κ3) is 2.13. The lowest BCUT2D eigenvalue weighted by Crippen LogP contribution is -2.11. The fourth-order valence-electron chi connectivity index (χ4n) is 1.57. The van der Waals surface area contributed by atoms with E-state index in [0.29, 0.717) is 0 Å². The Hall–Kier alpha value is -2.30. The number of carboxylic acids is 1. The molecule has 2 aromatic rings. The zero-order chi connectivity index (χ0) is 12.4. The summed E-state index contributed by atoms with van der Waals surface area (Å²) in [5.41, 5.74) is 1.05. The van der Waals surface area contributed by atoms with Gasteiger partial charge in [0.15, 0.2) is 0 Å². The Balaban J connectivity index is 2.42. The smallest absolute Gasteiger partial charge is 0.342 e. The van der Waals surface area contributed by atoms with Crippen molar-refractivity contribution in [3.63, 3.8) is 0 Å². The monoisotopic (exact) mass is 232 g/mol. The molecule has 0 saturated carbocycles. The molecule has 0 amide bonds. The Morgan fingerprint density at radius 2 is 2.00 bits per heavy atom. The van der Waals surface area contributed by atoms with Gasteiger partial charge in [-0.25, -0.2) is 4.79 Å². The molecule has 1 heterocycles. The van der Waals surface area contributed by atoms with Gasteiger partial charge in [-0.05, 0) is 24.1 Å². The summed E-state index contributed by atoms with van der Waals surface area (Å²) < 4.78 is 1.41. The molecule has 0 aliphatic heterocycles. The van der Waals surface area contributed by atoms with Gasteiger partial charge in [0.05, 0.1) is 5.69 Å². The van der Waals surface area contributed by atoms with Gasteiger partial charge in [-0.1, -0.05) is 19.1 Å². The van der Waals surface area contributed by atoms with E-state index in [4.69, 9.17) is 5.11 Å². The maximum Gasteiger partial charge on any atom is 0.342 e. The molecule has 0 fully saturated rings. The molecular weight excluding hydrogens is 220 g/mol. The number of carboxylic acid groups (broad SMARTS) is 1. The Morgan fingerprint density at radius 1 is 1.35 bits per heavy atom. The van der Waals surface area contributed by atoms with Gasteiger partial charge in [-0.3, -0.25) is 14.6 Å². The molecule has 1 aromatic carbocycles. The molecule has 0 aliphatic carbocycles. The van der Waals surface area contributed by atoms with Crippen LogP contribution in [-0.4, -0.2) is 20.9 Å². The van der Waals surface area contributed by atoms with E-state index in [2.05, 4.69) is 12.0 Å². The number of aryl methyl sites for hydroxylation is 1. The van der Waals surface area contributed by atoms with Gasteiger partial charge in [0, 0.05) is 6.20 Å². The average molecular weight is 232 g/mol. The first kappa shape index (κ1) is 11.2. The quantitative estimate of drug-likeness (QED) is 0.840. The molecule has 1 aromatic heterocycles. The fraction of sp³-hybridized carbons (Fsp3) is 0.167. The summed E-state index contributed by atoms with van der Waals surface area (Å²) in [6.45, 7) is 2.05. The Bertz CT molecular complexity index is 593. The highest BCUT2D eigenvalue weighted by Gasteiger charge is 2.11. The van der Waals surface area contributed by atoms with Crippen LogP contribution in [0.15, 0.2) is 35.3 Å². The molecule has 0 radical (unpaired) electrons.